The molecule has 0 heterocycles. The Labute approximate surface area is 84.1 Å². The van der Waals surface area contributed by atoms with Crippen molar-refractivity contribution in [1.29, 1.82) is 0 Å². The van der Waals surface area contributed by atoms with Crippen LogP contribution in [0.5, 0.6) is 0 Å². The summed E-state index contributed by atoms with van der Waals surface area (Å²) in [7, 11) is 0. The molecule has 4 heteroatoms. The van der Waals surface area contributed by atoms with E-state index < -0.39 is 5.82 Å². The van der Waals surface area contributed by atoms with Crippen LogP contribution in [-0.2, 0) is 0 Å². The maximum Gasteiger partial charge on any atom is 0.176 e. The number of nitrogen functional groups attached to an aromatic ring is 1. The number of aryl methyl sites for hydroxylation is 1. The monoisotopic (exact) mass is 245 g/mol. The topological polar surface area (TPSA) is 43.1 Å². The van der Waals surface area contributed by atoms with E-state index in [9.17, 15) is 9.18 Å². The van der Waals surface area contributed by atoms with Gasteiger partial charge in [-0.05, 0) is 24.6 Å². The number of benzene rings is 1. The number of hydrogen-bond donors (Lipinski definition) is 1. The molecule has 1 aromatic carbocycles. The van der Waals surface area contributed by atoms with Crippen molar-refractivity contribution in [2.45, 2.75) is 6.92 Å². The van der Waals surface area contributed by atoms with E-state index in [2.05, 4.69) is 15.9 Å². The zero-order valence-corrected chi connectivity index (χ0v) is 8.69. The Morgan fingerprint density at radius 1 is 1.62 bits per heavy atom. The molecule has 0 aromatic heterocycles. The molecule has 0 aliphatic carbocycles. The third-order valence-corrected chi connectivity index (χ3v) is 2.29. The van der Waals surface area contributed by atoms with Gasteiger partial charge in [-0.2, -0.15) is 0 Å². The second kappa shape index (κ2) is 3.87. The Hall–Kier alpha value is -0.900. The largest absolute Gasteiger partial charge is 0.398 e. The molecular formula is C9H9BrFNO. The van der Waals surface area contributed by atoms with E-state index in [1.54, 1.807) is 6.92 Å². The summed E-state index contributed by atoms with van der Waals surface area (Å²) >= 11 is 2.97. The van der Waals surface area contributed by atoms with Gasteiger partial charge in [-0.25, -0.2) is 4.39 Å². The van der Waals surface area contributed by atoms with Gasteiger partial charge in [-0.15, -0.1) is 0 Å². The molecular weight excluding hydrogens is 237 g/mol. The summed E-state index contributed by atoms with van der Waals surface area (Å²) in [4.78, 5) is 11.2. The highest BCUT2D eigenvalue weighted by atomic mass is 79.9. The summed E-state index contributed by atoms with van der Waals surface area (Å²) in [5.41, 5.74) is 6.67. The fraction of sp³-hybridized carbons (Fsp3) is 0.222. The average Bonchev–Trinajstić information content (AvgIpc) is 2.10. The summed E-state index contributed by atoms with van der Waals surface area (Å²) in [5, 5.41) is 0.104. The number of rotatable bonds is 2. The molecule has 0 spiro atoms. The van der Waals surface area contributed by atoms with Gasteiger partial charge in [0.1, 0.15) is 5.82 Å². The van der Waals surface area contributed by atoms with Gasteiger partial charge in [0.2, 0.25) is 0 Å². The zero-order valence-electron chi connectivity index (χ0n) is 7.10. The van der Waals surface area contributed by atoms with Crippen LogP contribution >= 0.6 is 15.9 Å². The minimum Gasteiger partial charge on any atom is -0.398 e. The number of halogens is 2. The maximum absolute atomic E-state index is 13.2. The molecule has 0 unspecified atom stereocenters. The Morgan fingerprint density at radius 3 is 2.77 bits per heavy atom. The van der Waals surface area contributed by atoms with Gasteiger partial charge in [0, 0.05) is 5.69 Å². The molecule has 0 aliphatic rings. The van der Waals surface area contributed by atoms with Crippen LogP contribution in [0.4, 0.5) is 10.1 Å². The van der Waals surface area contributed by atoms with E-state index in [1.165, 1.54) is 12.1 Å². The molecule has 13 heavy (non-hydrogen) atoms. The molecule has 70 valence electrons. The van der Waals surface area contributed by atoms with Gasteiger partial charge in [0.05, 0.1) is 10.9 Å². The van der Waals surface area contributed by atoms with Crippen LogP contribution in [0.15, 0.2) is 12.1 Å². The van der Waals surface area contributed by atoms with Gasteiger partial charge in [-0.1, -0.05) is 15.9 Å². The Balaban J connectivity index is 3.23. The number of alkyl halides is 1. The van der Waals surface area contributed by atoms with Gasteiger partial charge >= 0.3 is 0 Å². The van der Waals surface area contributed by atoms with Crippen LogP contribution in [0.2, 0.25) is 0 Å². The quantitative estimate of drug-likeness (QED) is 0.494. The first-order chi connectivity index (χ1) is 6.06. The zero-order chi connectivity index (χ0) is 10.0. The van der Waals surface area contributed by atoms with Crippen LogP contribution in [0.1, 0.15) is 15.9 Å². The first-order valence-electron chi connectivity index (χ1n) is 3.71. The lowest BCUT2D eigenvalue weighted by molar-refractivity contribution is 0.102. The minimum absolute atomic E-state index is 0.0416. The molecule has 0 aliphatic heterocycles. The fourth-order valence-electron chi connectivity index (χ4n) is 0.975. The lowest BCUT2D eigenvalue weighted by atomic mass is 10.1. The number of hydrogen-bond acceptors (Lipinski definition) is 2. The van der Waals surface area contributed by atoms with Crippen LogP contribution in [0, 0.1) is 12.7 Å². The lowest BCUT2D eigenvalue weighted by Gasteiger charge is -2.04. The molecule has 2 nitrogen and oxygen atoms in total. The Morgan fingerprint density at radius 2 is 2.23 bits per heavy atom. The molecule has 2 N–H and O–H groups in total. The van der Waals surface area contributed by atoms with E-state index in [-0.39, 0.29) is 16.7 Å². The summed E-state index contributed by atoms with van der Waals surface area (Å²) in [5.74, 6) is -0.819. The highest BCUT2D eigenvalue weighted by Gasteiger charge is 2.11. The molecule has 0 radical (unpaired) electrons. The van der Waals surface area contributed by atoms with Crippen molar-refractivity contribution in [2.75, 3.05) is 11.1 Å². The van der Waals surface area contributed by atoms with Crippen molar-refractivity contribution in [3.63, 3.8) is 0 Å². The van der Waals surface area contributed by atoms with Crippen LogP contribution in [0.3, 0.4) is 0 Å². The van der Waals surface area contributed by atoms with E-state index in [0.29, 0.717) is 11.3 Å². The van der Waals surface area contributed by atoms with Crippen molar-refractivity contribution >= 4 is 27.4 Å². The average molecular weight is 246 g/mol. The second-order valence-electron chi connectivity index (χ2n) is 2.75. The van der Waals surface area contributed by atoms with Crippen LogP contribution in [-0.4, -0.2) is 11.1 Å². The van der Waals surface area contributed by atoms with Crippen LogP contribution in [0.25, 0.3) is 0 Å². The maximum atomic E-state index is 13.2. The molecule has 0 bridgehead atoms. The normalized spacial score (nSPS) is 10.1. The fourth-order valence-corrected chi connectivity index (χ4v) is 1.28. The van der Waals surface area contributed by atoms with E-state index in [4.69, 9.17) is 5.73 Å². The first-order valence-corrected chi connectivity index (χ1v) is 4.83. The molecule has 0 saturated carbocycles. The third kappa shape index (κ3) is 2.06. The number of ketones is 1. The number of carbonyl (C=O) groups excluding carboxylic acids is 1. The predicted octanol–water partition coefficient (Wildman–Crippen LogP) is 2.29. The molecule has 0 fully saturated rings. The number of Topliss-reactive ketones (excluding diaryl/α,β-unsaturated/α-hetero) is 1. The molecule has 1 aromatic rings. The van der Waals surface area contributed by atoms with Gasteiger partial charge < -0.3 is 5.73 Å². The Bertz CT molecular complexity index is 352. The number of carbonyl (C=O) groups is 1. The summed E-state index contributed by atoms with van der Waals surface area (Å²) in [6.45, 7) is 1.70. The van der Waals surface area contributed by atoms with Crippen molar-refractivity contribution in [2.24, 2.45) is 0 Å². The molecule has 0 atom stereocenters. The van der Waals surface area contributed by atoms with Crippen molar-refractivity contribution in [1.82, 2.24) is 0 Å². The highest BCUT2D eigenvalue weighted by Crippen LogP contribution is 2.18. The molecule has 0 amide bonds. The summed E-state index contributed by atoms with van der Waals surface area (Å²) in [6, 6.07) is 2.64. The second-order valence-corrected chi connectivity index (χ2v) is 3.31. The molecule has 0 saturated heterocycles. The van der Waals surface area contributed by atoms with E-state index in [1.807, 2.05) is 0 Å². The van der Waals surface area contributed by atoms with Gasteiger partial charge in [-0.3, -0.25) is 4.79 Å². The Kier molecular flexibility index (Phi) is 3.03. The highest BCUT2D eigenvalue weighted by molar-refractivity contribution is 9.09. The predicted molar refractivity (Wildman–Crippen MR) is 53.7 cm³/mol. The third-order valence-electron chi connectivity index (χ3n) is 1.78. The SMILES string of the molecule is Cc1cc(F)c(C(=O)CBr)cc1N. The van der Waals surface area contributed by atoms with Gasteiger partial charge in [0.25, 0.3) is 0 Å². The number of anilines is 1. The van der Waals surface area contributed by atoms with Crippen molar-refractivity contribution < 1.29 is 9.18 Å². The van der Waals surface area contributed by atoms with E-state index >= 15 is 0 Å². The smallest absolute Gasteiger partial charge is 0.176 e. The van der Waals surface area contributed by atoms with Crippen molar-refractivity contribution in [3.8, 4) is 0 Å². The summed E-state index contributed by atoms with van der Waals surface area (Å²) < 4.78 is 13.2. The standard InChI is InChI=1S/C9H9BrFNO/c1-5-2-7(11)6(3-8(5)12)9(13)4-10/h2-3H,4,12H2,1H3. The molecule has 1 rings (SSSR count). The number of nitrogens with two attached hydrogens (primary N) is 1. The van der Waals surface area contributed by atoms with Gasteiger partial charge in [0.15, 0.2) is 5.78 Å². The van der Waals surface area contributed by atoms with Crippen LogP contribution < -0.4 is 5.73 Å². The van der Waals surface area contributed by atoms with Crippen molar-refractivity contribution in [3.05, 3.63) is 29.1 Å². The minimum atomic E-state index is -0.517. The first kappa shape index (κ1) is 10.2. The van der Waals surface area contributed by atoms with E-state index in [0.717, 1.165) is 0 Å². The lowest BCUT2D eigenvalue weighted by Crippen LogP contribution is -2.05. The summed E-state index contributed by atoms with van der Waals surface area (Å²) in [6.07, 6.45) is 0.